The van der Waals surface area contributed by atoms with Gasteiger partial charge in [-0.25, -0.2) is 4.39 Å². The number of hydrogen-bond donors (Lipinski definition) is 2. The van der Waals surface area contributed by atoms with E-state index in [0.717, 1.165) is 18.5 Å². The molecule has 0 fully saturated rings. The van der Waals surface area contributed by atoms with Crippen LogP contribution < -0.4 is 5.32 Å². The van der Waals surface area contributed by atoms with Gasteiger partial charge in [0, 0.05) is 19.2 Å². The van der Waals surface area contributed by atoms with Crippen molar-refractivity contribution in [2.45, 2.75) is 39.7 Å². The van der Waals surface area contributed by atoms with Gasteiger partial charge in [0.15, 0.2) is 0 Å². The van der Waals surface area contributed by atoms with E-state index in [1.54, 1.807) is 6.20 Å². The van der Waals surface area contributed by atoms with E-state index in [1.165, 1.54) is 12.3 Å². The highest BCUT2D eigenvalue weighted by atomic mass is 19.1. The number of aromatic nitrogens is 1. The van der Waals surface area contributed by atoms with E-state index in [2.05, 4.69) is 24.1 Å². The van der Waals surface area contributed by atoms with Crippen molar-refractivity contribution in [3.63, 3.8) is 0 Å². The second kappa shape index (κ2) is 7.19. The summed E-state index contributed by atoms with van der Waals surface area (Å²) in [5, 5.41) is 11.9. The molecule has 0 spiro atoms. The monoisotopic (exact) mass is 268 g/mol. The highest BCUT2D eigenvalue weighted by Crippen LogP contribution is 2.25. The van der Waals surface area contributed by atoms with E-state index in [9.17, 15) is 9.18 Å². The standard InChI is InChI=1S/C14H21FN2O2/c1-14(2,4-3-13(18)19)5-6-16-8-11-7-12(15)10-17-9-11/h7,9-10,16H,3-6,8H2,1-2H3,(H,18,19). The molecule has 0 bridgehead atoms. The average Bonchev–Trinajstić information content (AvgIpc) is 2.33. The van der Waals surface area contributed by atoms with E-state index in [0.29, 0.717) is 13.0 Å². The average molecular weight is 268 g/mol. The number of aliphatic carboxylic acids is 1. The third-order valence-electron chi connectivity index (χ3n) is 3.08. The van der Waals surface area contributed by atoms with Crippen LogP contribution in [0, 0.1) is 11.2 Å². The summed E-state index contributed by atoms with van der Waals surface area (Å²) in [7, 11) is 0. The largest absolute Gasteiger partial charge is 0.481 e. The van der Waals surface area contributed by atoms with Crippen LogP contribution >= 0.6 is 0 Å². The summed E-state index contributed by atoms with van der Waals surface area (Å²) in [6.07, 6.45) is 4.54. The molecule has 0 saturated carbocycles. The highest BCUT2D eigenvalue weighted by molar-refractivity contribution is 5.66. The third kappa shape index (κ3) is 6.86. The van der Waals surface area contributed by atoms with E-state index >= 15 is 0 Å². The van der Waals surface area contributed by atoms with Gasteiger partial charge in [0.25, 0.3) is 0 Å². The van der Waals surface area contributed by atoms with Crippen molar-refractivity contribution in [3.8, 4) is 0 Å². The molecular formula is C14H21FN2O2. The van der Waals surface area contributed by atoms with Gasteiger partial charge in [0.05, 0.1) is 6.20 Å². The fraction of sp³-hybridized carbons (Fsp3) is 0.571. The van der Waals surface area contributed by atoms with Crippen LogP contribution in [0.3, 0.4) is 0 Å². The topological polar surface area (TPSA) is 62.2 Å². The summed E-state index contributed by atoms with van der Waals surface area (Å²) in [6.45, 7) is 5.45. The first-order chi connectivity index (χ1) is 8.89. The maximum absolute atomic E-state index is 12.9. The Bertz CT molecular complexity index is 422. The van der Waals surface area contributed by atoms with Crippen molar-refractivity contribution in [2.24, 2.45) is 5.41 Å². The molecule has 0 saturated heterocycles. The molecule has 5 heteroatoms. The quantitative estimate of drug-likeness (QED) is 0.711. The van der Waals surface area contributed by atoms with Gasteiger partial charge in [0.2, 0.25) is 0 Å². The van der Waals surface area contributed by atoms with Crippen LogP contribution in [0.4, 0.5) is 4.39 Å². The Hall–Kier alpha value is -1.49. The lowest BCUT2D eigenvalue weighted by molar-refractivity contribution is -0.137. The lowest BCUT2D eigenvalue weighted by Gasteiger charge is -2.23. The molecular weight excluding hydrogens is 247 g/mol. The summed E-state index contributed by atoms with van der Waals surface area (Å²) in [5.74, 6) is -1.09. The van der Waals surface area contributed by atoms with Crippen LogP contribution in [0.5, 0.6) is 0 Å². The lowest BCUT2D eigenvalue weighted by Crippen LogP contribution is -2.23. The Kier molecular flexibility index (Phi) is 5.89. The van der Waals surface area contributed by atoms with E-state index < -0.39 is 5.97 Å². The van der Waals surface area contributed by atoms with Gasteiger partial charge >= 0.3 is 5.97 Å². The zero-order valence-corrected chi connectivity index (χ0v) is 11.4. The predicted octanol–water partition coefficient (Wildman–Crippen LogP) is 2.59. The lowest BCUT2D eigenvalue weighted by atomic mass is 9.84. The normalized spacial score (nSPS) is 11.5. The van der Waals surface area contributed by atoms with Crippen molar-refractivity contribution in [3.05, 3.63) is 29.8 Å². The molecule has 2 N–H and O–H groups in total. The first kappa shape index (κ1) is 15.6. The molecule has 0 aliphatic heterocycles. The summed E-state index contributed by atoms with van der Waals surface area (Å²) < 4.78 is 12.9. The van der Waals surface area contributed by atoms with Crippen molar-refractivity contribution in [1.82, 2.24) is 10.3 Å². The zero-order valence-electron chi connectivity index (χ0n) is 11.4. The zero-order chi connectivity index (χ0) is 14.3. The third-order valence-corrected chi connectivity index (χ3v) is 3.08. The first-order valence-corrected chi connectivity index (χ1v) is 6.41. The van der Waals surface area contributed by atoms with Crippen LogP contribution in [-0.2, 0) is 11.3 Å². The fourth-order valence-corrected chi connectivity index (χ4v) is 1.78. The predicted molar refractivity (Wildman–Crippen MR) is 71.2 cm³/mol. The van der Waals surface area contributed by atoms with Gasteiger partial charge in [-0.2, -0.15) is 0 Å². The molecule has 1 aromatic rings. The Morgan fingerprint density at radius 2 is 2.16 bits per heavy atom. The minimum Gasteiger partial charge on any atom is -0.481 e. The second-order valence-electron chi connectivity index (χ2n) is 5.50. The van der Waals surface area contributed by atoms with Gasteiger partial charge in [-0.1, -0.05) is 13.8 Å². The van der Waals surface area contributed by atoms with Gasteiger partial charge in [-0.3, -0.25) is 9.78 Å². The van der Waals surface area contributed by atoms with Crippen molar-refractivity contribution in [1.29, 1.82) is 0 Å². The molecule has 0 unspecified atom stereocenters. The van der Waals surface area contributed by atoms with E-state index in [4.69, 9.17) is 5.11 Å². The summed E-state index contributed by atoms with van der Waals surface area (Å²) in [5.41, 5.74) is 0.800. The Labute approximate surface area is 113 Å². The van der Waals surface area contributed by atoms with Crippen LogP contribution in [-0.4, -0.2) is 22.6 Å². The minimum atomic E-state index is -0.758. The number of carbonyl (C=O) groups is 1. The molecule has 1 heterocycles. The molecule has 1 aromatic heterocycles. The number of carboxylic acid groups (broad SMARTS) is 1. The maximum atomic E-state index is 12.9. The molecule has 4 nitrogen and oxygen atoms in total. The van der Waals surface area contributed by atoms with Gasteiger partial charge in [0.1, 0.15) is 5.82 Å². The van der Waals surface area contributed by atoms with Crippen LogP contribution in [0.15, 0.2) is 18.5 Å². The molecule has 0 aliphatic rings. The first-order valence-electron chi connectivity index (χ1n) is 6.41. The van der Waals surface area contributed by atoms with Crippen molar-refractivity contribution in [2.75, 3.05) is 6.54 Å². The van der Waals surface area contributed by atoms with Gasteiger partial charge in [-0.05, 0) is 36.4 Å². The number of rotatable bonds is 8. The molecule has 19 heavy (non-hydrogen) atoms. The molecule has 0 aromatic carbocycles. The van der Waals surface area contributed by atoms with E-state index in [-0.39, 0.29) is 17.7 Å². The summed E-state index contributed by atoms with van der Waals surface area (Å²) >= 11 is 0. The SMILES string of the molecule is CC(C)(CCNCc1cncc(F)c1)CCC(=O)O. The smallest absolute Gasteiger partial charge is 0.303 e. The number of nitrogens with one attached hydrogen (secondary N) is 1. The van der Waals surface area contributed by atoms with Crippen LogP contribution in [0.1, 0.15) is 38.7 Å². The second-order valence-corrected chi connectivity index (χ2v) is 5.50. The highest BCUT2D eigenvalue weighted by Gasteiger charge is 2.18. The van der Waals surface area contributed by atoms with Crippen LogP contribution in [0.25, 0.3) is 0 Å². The molecule has 1 rings (SSSR count). The number of hydrogen-bond acceptors (Lipinski definition) is 3. The van der Waals surface area contributed by atoms with E-state index in [1.807, 2.05) is 0 Å². The Morgan fingerprint density at radius 3 is 2.79 bits per heavy atom. The number of pyridine rings is 1. The molecule has 106 valence electrons. The number of nitrogens with zero attached hydrogens (tertiary/aromatic N) is 1. The summed E-state index contributed by atoms with van der Waals surface area (Å²) in [4.78, 5) is 14.3. The number of carboxylic acids is 1. The minimum absolute atomic E-state index is 0.00836. The Balaban J connectivity index is 2.24. The Morgan fingerprint density at radius 1 is 1.42 bits per heavy atom. The fourth-order valence-electron chi connectivity index (χ4n) is 1.78. The molecule has 0 aliphatic carbocycles. The van der Waals surface area contributed by atoms with Gasteiger partial charge in [-0.15, -0.1) is 0 Å². The van der Waals surface area contributed by atoms with Crippen LogP contribution in [0.2, 0.25) is 0 Å². The van der Waals surface area contributed by atoms with Gasteiger partial charge < -0.3 is 10.4 Å². The molecule has 0 radical (unpaired) electrons. The molecule has 0 atom stereocenters. The maximum Gasteiger partial charge on any atom is 0.303 e. The van der Waals surface area contributed by atoms with Crippen molar-refractivity contribution < 1.29 is 14.3 Å². The molecule has 0 amide bonds. The van der Waals surface area contributed by atoms with Crippen molar-refractivity contribution >= 4 is 5.97 Å². The summed E-state index contributed by atoms with van der Waals surface area (Å²) in [6, 6.07) is 1.45. The number of halogens is 1.